The fourth-order valence-electron chi connectivity index (χ4n) is 1.74. The van der Waals surface area contributed by atoms with Gasteiger partial charge in [-0.25, -0.2) is 9.69 Å². The van der Waals surface area contributed by atoms with Crippen LogP contribution in [0.2, 0.25) is 0 Å². The Kier molecular flexibility index (Phi) is 3.12. The van der Waals surface area contributed by atoms with E-state index in [0.717, 1.165) is 12.0 Å². The number of hydrogen-bond donors (Lipinski definition) is 1. The van der Waals surface area contributed by atoms with E-state index in [-0.39, 0.29) is 5.69 Å². The first-order valence-electron chi connectivity index (χ1n) is 5.48. The van der Waals surface area contributed by atoms with Crippen molar-refractivity contribution in [2.24, 2.45) is 0 Å². The van der Waals surface area contributed by atoms with Crippen LogP contribution in [0.1, 0.15) is 6.92 Å². The lowest BCUT2D eigenvalue weighted by atomic mass is 10.1. The zero-order chi connectivity index (χ0) is 14.2. The predicted molar refractivity (Wildman–Crippen MR) is 65.5 cm³/mol. The maximum Gasteiger partial charge on any atom is 0.397 e. The van der Waals surface area contributed by atoms with Gasteiger partial charge in [0, 0.05) is 5.69 Å². The molecule has 2 rings (SSSR count). The van der Waals surface area contributed by atoms with Gasteiger partial charge >= 0.3 is 11.9 Å². The van der Waals surface area contributed by atoms with E-state index in [9.17, 15) is 14.4 Å². The highest BCUT2D eigenvalue weighted by molar-refractivity contribution is 6.44. The number of amides is 2. The number of anilines is 2. The lowest BCUT2D eigenvalue weighted by Gasteiger charge is -2.30. The normalized spacial score (nSPS) is 17.5. The first-order valence-corrected chi connectivity index (χ1v) is 5.48. The number of nitrogens with two attached hydrogens (primary N) is 1. The molecule has 19 heavy (non-hydrogen) atoms. The van der Waals surface area contributed by atoms with E-state index >= 15 is 0 Å². The first-order chi connectivity index (χ1) is 8.95. The molecule has 1 aliphatic heterocycles. The van der Waals surface area contributed by atoms with Gasteiger partial charge in [-0.3, -0.25) is 9.59 Å². The van der Waals surface area contributed by atoms with Crippen LogP contribution in [0, 0.1) is 0 Å². The van der Waals surface area contributed by atoms with Gasteiger partial charge in [-0.1, -0.05) is 0 Å². The van der Waals surface area contributed by atoms with Gasteiger partial charge in [0.15, 0.2) is 6.10 Å². The van der Waals surface area contributed by atoms with Gasteiger partial charge in [0.1, 0.15) is 5.75 Å². The summed E-state index contributed by atoms with van der Waals surface area (Å²) < 4.78 is 9.68. The summed E-state index contributed by atoms with van der Waals surface area (Å²) >= 11 is 0. The molecule has 7 nitrogen and oxygen atoms in total. The molecule has 0 bridgehead atoms. The smallest absolute Gasteiger partial charge is 0.397 e. The highest BCUT2D eigenvalue weighted by Gasteiger charge is 2.39. The number of imide groups is 1. The highest BCUT2D eigenvalue weighted by Crippen LogP contribution is 2.35. The lowest BCUT2D eigenvalue weighted by Crippen LogP contribution is -2.50. The van der Waals surface area contributed by atoms with Crippen LogP contribution in [0.3, 0.4) is 0 Å². The van der Waals surface area contributed by atoms with E-state index in [2.05, 4.69) is 4.74 Å². The SMILES string of the molecule is COC(=O)C(=O)N1C(=O)C(C)Oc2ccc(N)cc21. The minimum absolute atomic E-state index is 0.138. The summed E-state index contributed by atoms with van der Waals surface area (Å²) in [7, 11) is 1.06. The zero-order valence-corrected chi connectivity index (χ0v) is 10.4. The number of fused-ring (bicyclic) bond motifs is 1. The molecule has 1 unspecified atom stereocenters. The number of ether oxygens (including phenoxy) is 2. The average molecular weight is 264 g/mol. The second-order valence-corrected chi connectivity index (χ2v) is 3.96. The highest BCUT2D eigenvalue weighted by atomic mass is 16.5. The molecule has 2 N–H and O–H groups in total. The van der Waals surface area contributed by atoms with Gasteiger partial charge in [-0.2, -0.15) is 0 Å². The van der Waals surface area contributed by atoms with Gasteiger partial charge in [-0.05, 0) is 25.1 Å². The summed E-state index contributed by atoms with van der Waals surface area (Å²) in [5, 5.41) is 0. The molecule has 0 spiro atoms. The molecule has 100 valence electrons. The van der Waals surface area contributed by atoms with Gasteiger partial charge in [-0.15, -0.1) is 0 Å². The molecule has 1 heterocycles. The molecule has 7 heteroatoms. The molecule has 0 saturated heterocycles. The van der Waals surface area contributed by atoms with Crippen molar-refractivity contribution in [1.82, 2.24) is 0 Å². The molecule has 1 aromatic rings. The number of methoxy groups -OCH3 is 1. The van der Waals surface area contributed by atoms with Crippen molar-refractivity contribution >= 4 is 29.2 Å². The number of rotatable bonds is 0. The largest absolute Gasteiger partial charge is 0.479 e. The van der Waals surface area contributed by atoms with Crippen molar-refractivity contribution in [1.29, 1.82) is 0 Å². The molecule has 0 aliphatic carbocycles. The second kappa shape index (κ2) is 4.60. The van der Waals surface area contributed by atoms with Crippen molar-refractivity contribution in [2.75, 3.05) is 17.7 Å². The molecule has 0 fully saturated rings. The fraction of sp³-hybridized carbons (Fsp3) is 0.250. The Bertz CT molecular complexity index is 569. The van der Waals surface area contributed by atoms with Crippen LogP contribution in [0.4, 0.5) is 11.4 Å². The van der Waals surface area contributed by atoms with Gasteiger partial charge < -0.3 is 15.2 Å². The molecule has 1 aliphatic rings. The quantitative estimate of drug-likeness (QED) is 0.405. The standard InChI is InChI=1S/C12H12N2O5/c1-6-10(15)14(11(16)12(17)18-2)8-5-7(13)3-4-9(8)19-6/h3-6H,13H2,1-2H3. The van der Waals surface area contributed by atoms with Crippen LogP contribution in [0.15, 0.2) is 18.2 Å². The maximum absolute atomic E-state index is 12.0. The minimum Gasteiger partial charge on any atom is -0.479 e. The van der Waals surface area contributed by atoms with Crippen LogP contribution in [-0.2, 0) is 19.1 Å². The number of benzene rings is 1. The van der Waals surface area contributed by atoms with Gasteiger partial charge in [0.05, 0.1) is 12.8 Å². The average Bonchev–Trinajstić information content (AvgIpc) is 2.39. The van der Waals surface area contributed by atoms with Crippen LogP contribution in [-0.4, -0.2) is 31.0 Å². The molecule has 0 radical (unpaired) electrons. The second-order valence-electron chi connectivity index (χ2n) is 3.96. The molecule has 1 atom stereocenters. The van der Waals surface area contributed by atoms with Crippen molar-refractivity contribution in [3.05, 3.63) is 18.2 Å². The van der Waals surface area contributed by atoms with E-state index in [0.29, 0.717) is 11.4 Å². The van der Waals surface area contributed by atoms with Crippen LogP contribution >= 0.6 is 0 Å². The minimum atomic E-state index is -1.13. The van der Waals surface area contributed by atoms with E-state index in [4.69, 9.17) is 10.5 Å². The Labute approximate surface area is 108 Å². The molecule has 2 amide bonds. The first kappa shape index (κ1) is 12.9. The number of nitrogen functional groups attached to an aromatic ring is 1. The van der Waals surface area contributed by atoms with Crippen LogP contribution in [0.5, 0.6) is 5.75 Å². The molecule has 0 saturated carbocycles. The van der Waals surface area contributed by atoms with E-state index in [1.165, 1.54) is 19.1 Å². The Morgan fingerprint density at radius 1 is 1.42 bits per heavy atom. The molecular weight excluding hydrogens is 252 g/mol. The summed E-state index contributed by atoms with van der Waals surface area (Å²) in [4.78, 5) is 35.9. The zero-order valence-electron chi connectivity index (χ0n) is 10.4. The van der Waals surface area contributed by atoms with Crippen molar-refractivity contribution in [2.45, 2.75) is 13.0 Å². The number of carbonyl (C=O) groups is 3. The van der Waals surface area contributed by atoms with E-state index < -0.39 is 23.9 Å². The molecule has 0 aromatic heterocycles. The maximum atomic E-state index is 12.0. The number of carbonyl (C=O) groups excluding carboxylic acids is 3. The van der Waals surface area contributed by atoms with Crippen LogP contribution in [0.25, 0.3) is 0 Å². The Balaban J connectivity index is 2.53. The van der Waals surface area contributed by atoms with Crippen molar-refractivity contribution in [3.8, 4) is 5.75 Å². The third-order valence-corrected chi connectivity index (χ3v) is 2.66. The van der Waals surface area contributed by atoms with Crippen molar-refractivity contribution < 1.29 is 23.9 Å². The summed E-state index contributed by atoms with van der Waals surface area (Å²) in [6.45, 7) is 1.49. The third-order valence-electron chi connectivity index (χ3n) is 2.66. The fourth-order valence-corrected chi connectivity index (χ4v) is 1.74. The summed E-state index contributed by atoms with van der Waals surface area (Å²) in [6.07, 6.45) is -0.871. The summed E-state index contributed by atoms with van der Waals surface area (Å²) in [5.74, 6) is -2.54. The number of nitrogens with zero attached hydrogens (tertiary/aromatic N) is 1. The van der Waals surface area contributed by atoms with Gasteiger partial charge in [0.2, 0.25) is 0 Å². The molecule has 1 aromatic carbocycles. The van der Waals surface area contributed by atoms with Crippen molar-refractivity contribution in [3.63, 3.8) is 0 Å². The van der Waals surface area contributed by atoms with E-state index in [1.54, 1.807) is 6.07 Å². The molecular formula is C12H12N2O5. The number of esters is 1. The number of hydrogen-bond acceptors (Lipinski definition) is 6. The Morgan fingerprint density at radius 2 is 2.11 bits per heavy atom. The lowest BCUT2D eigenvalue weighted by molar-refractivity contribution is -0.153. The summed E-state index contributed by atoms with van der Waals surface area (Å²) in [6, 6.07) is 4.49. The van der Waals surface area contributed by atoms with Gasteiger partial charge in [0.25, 0.3) is 5.91 Å². The van der Waals surface area contributed by atoms with Crippen LogP contribution < -0.4 is 15.4 Å². The Hall–Kier alpha value is -2.57. The predicted octanol–water partition coefficient (Wildman–Crippen LogP) is 0.0823. The van der Waals surface area contributed by atoms with E-state index in [1.807, 2.05) is 0 Å². The summed E-state index contributed by atoms with van der Waals surface area (Å²) in [5.41, 5.74) is 6.09. The monoisotopic (exact) mass is 264 g/mol. The topological polar surface area (TPSA) is 98.9 Å². The Morgan fingerprint density at radius 3 is 2.74 bits per heavy atom. The third kappa shape index (κ3) is 2.10.